The number of aromatic nitrogens is 1. The number of rotatable bonds is 8. The van der Waals surface area contributed by atoms with Gasteiger partial charge >= 0.3 is 12.1 Å². The standard InChI is InChI=1S/C21H20F3N3O2S2.C2HF3O2/c22-17-4-1-3-15(13-27-8-2-9-27)16(17)6-5-14-11-18(23)21(19(24)12-14)31(28,29)26-20-7-10-30-25-20;3-2(4,5)1(6)7/h1,3-4,7,10-12H,2,5-6,8-9,13H2,(H,25,26);(H,6,7). The van der Waals surface area contributed by atoms with Crippen molar-refractivity contribution in [1.29, 1.82) is 0 Å². The number of halogens is 6. The Hall–Kier alpha value is -3.17. The number of benzene rings is 2. The molecular formula is C23H21F6N3O4S2. The molecule has 0 spiro atoms. The maximum atomic E-state index is 14.6. The molecule has 0 saturated carbocycles. The van der Waals surface area contributed by atoms with Crippen LogP contribution in [0.2, 0.25) is 0 Å². The third kappa shape index (κ3) is 7.68. The van der Waals surface area contributed by atoms with Gasteiger partial charge in [-0.25, -0.2) is 26.4 Å². The lowest BCUT2D eigenvalue weighted by Gasteiger charge is -2.31. The molecule has 7 nitrogen and oxygen atoms in total. The van der Waals surface area contributed by atoms with Crippen LogP contribution in [0.5, 0.6) is 0 Å². The molecule has 0 bridgehead atoms. The summed E-state index contributed by atoms with van der Waals surface area (Å²) in [5.41, 5.74) is 1.62. The lowest BCUT2D eigenvalue weighted by molar-refractivity contribution is -0.192. The van der Waals surface area contributed by atoms with Crippen LogP contribution in [0.15, 0.2) is 46.7 Å². The summed E-state index contributed by atoms with van der Waals surface area (Å²) in [5, 5.41) is 8.66. The zero-order chi connectivity index (χ0) is 28.1. The summed E-state index contributed by atoms with van der Waals surface area (Å²) in [6, 6.07) is 8.23. The van der Waals surface area contributed by atoms with Gasteiger partial charge in [-0.15, -0.1) is 0 Å². The summed E-state index contributed by atoms with van der Waals surface area (Å²) in [5.74, 6) is -5.53. The van der Waals surface area contributed by atoms with E-state index in [-0.39, 0.29) is 30.0 Å². The first-order chi connectivity index (χ1) is 17.8. The molecule has 1 aromatic heterocycles. The molecule has 4 rings (SSSR count). The minimum atomic E-state index is -5.08. The molecule has 1 saturated heterocycles. The number of hydrogen-bond donors (Lipinski definition) is 2. The Balaban J connectivity index is 0.000000505. The molecule has 0 aliphatic carbocycles. The number of nitrogens with one attached hydrogen (secondary N) is 1. The van der Waals surface area contributed by atoms with Crippen molar-refractivity contribution in [2.45, 2.75) is 36.9 Å². The highest BCUT2D eigenvalue weighted by atomic mass is 32.2. The molecule has 206 valence electrons. The van der Waals surface area contributed by atoms with Crippen LogP contribution in [0.25, 0.3) is 0 Å². The zero-order valence-electron chi connectivity index (χ0n) is 19.4. The molecule has 2 heterocycles. The molecule has 1 fully saturated rings. The van der Waals surface area contributed by atoms with E-state index in [9.17, 15) is 34.8 Å². The lowest BCUT2D eigenvalue weighted by atomic mass is 9.98. The molecule has 1 aliphatic rings. The summed E-state index contributed by atoms with van der Waals surface area (Å²) in [6.45, 7) is 2.57. The number of carbonyl (C=O) groups is 1. The van der Waals surface area contributed by atoms with Crippen molar-refractivity contribution in [3.63, 3.8) is 0 Å². The van der Waals surface area contributed by atoms with Crippen molar-refractivity contribution < 1.29 is 44.7 Å². The average Bonchev–Trinajstić information content (AvgIpc) is 3.27. The highest BCUT2D eigenvalue weighted by molar-refractivity contribution is 7.92. The van der Waals surface area contributed by atoms with Gasteiger partial charge in [-0.2, -0.15) is 17.5 Å². The number of alkyl halides is 3. The normalized spacial score (nSPS) is 13.8. The second-order valence-corrected chi connectivity index (χ2v) is 10.5. The van der Waals surface area contributed by atoms with E-state index in [4.69, 9.17) is 9.90 Å². The predicted molar refractivity (Wildman–Crippen MR) is 127 cm³/mol. The van der Waals surface area contributed by atoms with E-state index in [1.165, 1.54) is 17.5 Å². The van der Waals surface area contributed by atoms with Gasteiger partial charge in [-0.1, -0.05) is 12.1 Å². The fraction of sp³-hybridized carbons (Fsp3) is 0.304. The van der Waals surface area contributed by atoms with E-state index in [0.29, 0.717) is 12.1 Å². The van der Waals surface area contributed by atoms with Gasteiger partial charge in [0, 0.05) is 11.9 Å². The van der Waals surface area contributed by atoms with Crippen molar-refractivity contribution >= 4 is 33.3 Å². The second kappa shape index (κ2) is 12.1. The molecule has 3 aromatic rings. The van der Waals surface area contributed by atoms with Gasteiger partial charge in [-0.3, -0.25) is 9.62 Å². The Morgan fingerprint density at radius 3 is 2.18 bits per heavy atom. The zero-order valence-corrected chi connectivity index (χ0v) is 21.1. The number of nitrogens with zero attached hydrogens (tertiary/aromatic N) is 2. The molecule has 2 aromatic carbocycles. The summed E-state index contributed by atoms with van der Waals surface area (Å²) in [4.78, 5) is 10.0. The van der Waals surface area contributed by atoms with Crippen LogP contribution in [0, 0.1) is 17.5 Å². The molecular weight excluding hydrogens is 560 g/mol. The number of hydrogen-bond acceptors (Lipinski definition) is 6. The van der Waals surface area contributed by atoms with Crippen molar-refractivity contribution in [3.8, 4) is 0 Å². The lowest BCUT2D eigenvalue weighted by Crippen LogP contribution is -2.36. The average molecular weight is 582 g/mol. The first-order valence-corrected chi connectivity index (χ1v) is 13.3. The van der Waals surface area contributed by atoms with Crippen LogP contribution in [-0.2, 0) is 34.2 Å². The van der Waals surface area contributed by atoms with E-state index in [0.717, 1.165) is 48.7 Å². The Morgan fingerprint density at radius 2 is 1.68 bits per heavy atom. The van der Waals surface area contributed by atoms with Crippen molar-refractivity contribution in [3.05, 3.63) is 75.9 Å². The number of sulfonamides is 1. The Bertz CT molecular complexity index is 1360. The molecule has 0 atom stereocenters. The van der Waals surface area contributed by atoms with Gasteiger partial charge in [0.25, 0.3) is 10.0 Å². The van der Waals surface area contributed by atoms with Gasteiger partial charge in [0.2, 0.25) is 0 Å². The summed E-state index contributed by atoms with van der Waals surface area (Å²) in [6.07, 6.45) is -3.55. The maximum Gasteiger partial charge on any atom is 0.490 e. The molecule has 38 heavy (non-hydrogen) atoms. The van der Waals surface area contributed by atoms with E-state index in [1.54, 1.807) is 6.07 Å². The monoisotopic (exact) mass is 581 g/mol. The number of carboxylic acid groups (broad SMARTS) is 1. The third-order valence-corrected chi connectivity index (χ3v) is 7.43. The van der Waals surface area contributed by atoms with E-state index < -0.39 is 38.7 Å². The summed E-state index contributed by atoms with van der Waals surface area (Å²) >= 11 is 1.00. The summed E-state index contributed by atoms with van der Waals surface area (Å²) in [7, 11) is -4.47. The number of carboxylic acids is 1. The maximum absolute atomic E-state index is 14.6. The van der Waals surface area contributed by atoms with Gasteiger partial charge in [0.1, 0.15) is 17.5 Å². The highest BCUT2D eigenvalue weighted by Gasteiger charge is 2.38. The smallest absolute Gasteiger partial charge is 0.475 e. The van der Waals surface area contributed by atoms with Gasteiger partial charge < -0.3 is 5.11 Å². The van der Waals surface area contributed by atoms with Crippen molar-refractivity contribution in [2.24, 2.45) is 0 Å². The van der Waals surface area contributed by atoms with Crippen molar-refractivity contribution in [2.75, 3.05) is 17.8 Å². The van der Waals surface area contributed by atoms with Gasteiger partial charge in [0.05, 0.1) is 0 Å². The minimum absolute atomic E-state index is 0.0119. The molecule has 15 heteroatoms. The first-order valence-electron chi connectivity index (χ1n) is 11.0. The van der Waals surface area contributed by atoms with Gasteiger partial charge in [-0.05, 0) is 84.8 Å². The summed E-state index contributed by atoms with van der Waals surface area (Å²) < 4.78 is 106. The van der Waals surface area contributed by atoms with Crippen LogP contribution in [-0.4, -0.2) is 48.0 Å². The molecule has 0 amide bonds. The van der Waals surface area contributed by atoms with Crippen molar-refractivity contribution in [1.82, 2.24) is 9.27 Å². The topological polar surface area (TPSA) is 99.6 Å². The number of likely N-dealkylation sites (tertiary alicyclic amines) is 1. The number of aliphatic carboxylic acids is 1. The highest BCUT2D eigenvalue weighted by Crippen LogP contribution is 2.25. The van der Waals surface area contributed by atoms with Crippen LogP contribution >= 0.6 is 11.5 Å². The molecule has 0 unspecified atom stereocenters. The third-order valence-electron chi connectivity index (χ3n) is 5.47. The number of anilines is 1. The van der Waals surface area contributed by atoms with Crippen LogP contribution in [0.3, 0.4) is 0 Å². The Morgan fingerprint density at radius 1 is 1.05 bits per heavy atom. The minimum Gasteiger partial charge on any atom is -0.475 e. The first kappa shape index (κ1) is 29.4. The van der Waals surface area contributed by atoms with E-state index in [1.807, 2.05) is 6.07 Å². The van der Waals surface area contributed by atoms with Crippen LogP contribution in [0.4, 0.5) is 32.2 Å². The molecule has 0 radical (unpaired) electrons. The Labute approximate surface area is 217 Å². The fourth-order valence-corrected chi connectivity index (χ4v) is 5.20. The van der Waals surface area contributed by atoms with Crippen LogP contribution in [0.1, 0.15) is 23.1 Å². The molecule has 2 N–H and O–H groups in total. The quantitative estimate of drug-likeness (QED) is 0.364. The Kier molecular flexibility index (Phi) is 9.38. The number of aryl methyl sites for hydroxylation is 1. The SMILES string of the molecule is O=C(O)C(F)(F)F.O=S(=O)(Nc1ccsn1)c1c(F)cc(CCc2c(F)cccc2CN2CCC2)cc1F. The predicted octanol–water partition coefficient (Wildman–Crippen LogP) is 4.99. The van der Waals surface area contributed by atoms with Gasteiger partial charge in [0.15, 0.2) is 10.7 Å². The molecule has 1 aliphatic heterocycles. The van der Waals surface area contributed by atoms with E-state index in [2.05, 4.69) is 14.0 Å². The van der Waals surface area contributed by atoms with Crippen LogP contribution < -0.4 is 4.72 Å². The fourth-order valence-electron chi connectivity index (χ4n) is 3.55. The largest absolute Gasteiger partial charge is 0.490 e. The van der Waals surface area contributed by atoms with E-state index >= 15 is 0 Å². The second-order valence-electron chi connectivity index (χ2n) is 8.19.